The normalized spacial score (nSPS) is 14.0. The van der Waals surface area contributed by atoms with Crippen LogP contribution in [0.25, 0.3) is 0 Å². The van der Waals surface area contributed by atoms with Crippen LogP contribution in [0.3, 0.4) is 0 Å². The van der Waals surface area contributed by atoms with Gasteiger partial charge in [0, 0.05) is 24.1 Å². The molecule has 0 bridgehead atoms. The number of hydrogen-bond acceptors (Lipinski definition) is 5. The highest BCUT2D eigenvalue weighted by Gasteiger charge is 2.15. The van der Waals surface area contributed by atoms with Gasteiger partial charge in [-0.1, -0.05) is 0 Å². The molecule has 0 spiro atoms. The third-order valence-corrected chi connectivity index (χ3v) is 2.45. The Morgan fingerprint density at radius 2 is 2.06 bits per heavy atom. The summed E-state index contributed by atoms with van der Waals surface area (Å²) in [6, 6.07) is 4.08. The van der Waals surface area contributed by atoms with Gasteiger partial charge in [-0.05, 0) is 19.9 Å². The summed E-state index contributed by atoms with van der Waals surface area (Å²) in [5.74, 6) is 0.399. The van der Waals surface area contributed by atoms with E-state index in [-0.39, 0.29) is 12.3 Å². The number of nitro benzene ring substituents is 1. The lowest BCUT2D eigenvalue weighted by atomic mass is 10.1. The number of rotatable bonds is 6. The number of non-ortho nitro benzene ring substituents is 1. The molecule has 2 unspecified atom stereocenters. The fourth-order valence-electron chi connectivity index (χ4n) is 1.45. The maximum atomic E-state index is 10.6. The molecule has 0 heterocycles. The van der Waals surface area contributed by atoms with Gasteiger partial charge in [0.1, 0.15) is 5.75 Å². The Kier molecular flexibility index (Phi) is 5.06. The van der Waals surface area contributed by atoms with Crippen LogP contribution in [0.5, 0.6) is 5.75 Å². The molecule has 6 nitrogen and oxygen atoms in total. The van der Waals surface area contributed by atoms with Gasteiger partial charge >= 0.3 is 0 Å². The van der Waals surface area contributed by atoms with Crippen LogP contribution >= 0.6 is 0 Å². The first-order valence-corrected chi connectivity index (χ1v) is 5.69. The molecule has 18 heavy (non-hydrogen) atoms. The van der Waals surface area contributed by atoms with Gasteiger partial charge in [-0.25, -0.2) is 0 Å². The maximum Gasteiger partial charge on any atom is 0.270 e. The molecule has 1 aromatic rings. The lowest BCUT2D eigenvalue weighted by Gasteiger charge is -2.13. The van der Waals surface area contributed by atoms with Crippen molar-refractivity contribution in [3.05, 3.63) is 33.9 Å². The standard InChI is InChI=1S/C12H17NO5/c1-8(14)5-6-18-12-4-3-10(13(16)17)7-11(12)9(2)15/h3-4,7-9,14-15H,5-6H2,1-2H3. The van der Waals surface area contributed by atoms with Crippen LogP contribution in [0.1, 0.15) is 31.9 Å². The molecule has 0 aliphatic rings. The highest BCUT2D eigenvalue weighted by atomic mass is 16.6. The van der Waals surface area contributed by atoms with Crippen LogP contribution in [0.4, 0.5) is 5.69 Å². The van der Waals surface area contributed by atoms with Crippen molar-refractivity contribution in [2.24, 2.45) is 0 Å². The molecular weight excluding hydrogens is 238 g/mol. The van der Waals surface area contributed by atoms with E-state index in [0.717, 1.165) is 0 Å². The maximum absolute atomic E-state index is 10.6. The Morgan fingerprint density at radius 1 is 1.39 bits per heavy atom. The first-order chi connectivity index (χ1) is 8.41. The van der Waals surface area contributed by atoms with Crippen LogP contribution in [0, 0.1) is 10.1 Å². The Balaban J connectivity index is 2.86. The van der Waals surface area contributed by atoms with Gasteiger partial charge in [0.05, 0.1) is 23.7 Å². The second-order valence-corrected chi connectivity index (χ2v) is 4.14. The van der Waals surface area contributed by atoms with Crippen LogP contribution < -0.4 is 4.74 Å². The van der Waals surface area contributed by atoms with E-state index in [1.807, 2.05) is 0 Å². The van der Waals surface area contributed by atoms with Gasteiger partial charge in [0.15, 0.2) is 0 Å². The summed E-state index contributed by atoms with van der Waals surface area (Å²) >= 11 is 0. The minimum atomic E-state index is -0.855. The molecule has 0 saturated heterocycles. The van der Waals surface area contributed by atoms with Crippen molar-refractivity contribution in [3.63, 3.8) is 0 Å². The SMILES string of the molecule is CC(O)CCOc1ccc([N+](=O)[O-])cc1C(C)O. The van der Waals surface area contributed by atoms with Crippen LogP contribution in [-0.4, -0.2) is 27.8 Å². The van der Waals surface area contributed by atoms with E-state index in [1.54, 1.807) is 6.92 Å². The largest absolute Gasteiger partial charge is 0.493 e. The van der Waals surface area contributed by atoms with Gasteiger partial charge in [-0.3, -0.25) is 10.1 Å². The topological polar surface area (TPSA) is 92.8 Å². The van der Waals surface area contributed by atoms with Crippen LogP contribution in [-0.2, 0) is 0 Å². The van der Waals surface area contributed by atoms with Crippen molar-refractivity contribution >= 4 is 5.69 Å². The Labute approximate surface area is 105 Å². The molecule has 6 heteroatoms. The Morgan fingerprint density at radius 3 is 2.56 bits per heavy atom. The molecule has 1 aromatic carbocycles. The average molecular weight is 255 g/mol. The molecule has 100 valence electrons. The Bertz CT molecular complexity index is 417. The third kappa shape index (κ3) is 3.97. The van der Waals surface area contributed by atoms with Gasteiger partial charge in [-0.2, -0.15) is 0 Å². The summed E-state index contributed by atoms with van der Waals surface area (Å²) in [5.41, 5.74) is 0.281. The number of nitrogens with zero attached hydrogens (tertiary/aromatic N) is 1. The van der Waals surface area contributed by atoms with Crippen molar-refractivity contribution in [2.75, 3.05) is 6.61 Å². The van der Waals surface area contributed by atoms with Crippen LogP contribution in [0.15, 0.2) is 18.2 Å². The zero-order valence-corrected chi connectivity index (χ0v) is 10.4. The summed E-state index contributed by atoms with van der Waals surface area (Å²) in [7, 11) is 0. The second-order valence-electron chi connectivity index (χ2n) is 4.14. The quantitative estimate of drug-likeness (QED) is 0.597. The summed E-state index contributed by atoms with van der Waals surface area (Å²) in [4.78, 5) is 10.1. The highest BCUT2D eigenvalue weighted by molar-refractivity contribution is 5.44. The minimum Gasteiger partial charge on any atom is -0.493 e. The lowest BCUT2D eigenvalue weighted by Crippen LogP contribution is -2.09. The Hall–Kier alpha value is -1.66. The molecule has 0 saturated carbocycles. The number of aliphatic hydroxyl groups excluding tert-OH is 2. The minimum absolute atomic E-state index is 0.0891. The fraction of sp³-hybridized carbons (Fsp3) is 0.500. The molecular formula is C12H17NO5. The molecule has 2 atom stereocenters. The molecule has 0 aliphatic heterocycles. The van der Waals surface area contributed by atoms with Crippen molar-refractivity contribution in [1.82, 2.24) is 0 Å². The van der Waals surface area contributed by atoms with Crippen molar-refractivity contribution < 1.29 is 19.9 Å². The predicted molar refractivity (Wildman–Crippen MR) is 65.5 cm³/mol. The van der Waals surface area contributed by atoms with E-state index in [9.17, 15) is 15.2 Å². The fourth-order valence-corrected chi connectivity index (χ4v) is 1.45. The molecule has 0 radical (unpaired) electrons. The molecule has 0 fully saturated rings. The lowest BCUT2D eigenvalue weighted by molar-refractivity contribution is -0.385. The van der Waals surface area contributed by atoms with E-state index in [0.29, 0.717) is 17.7 Å². The van der Waals surface area contributed by atoms with Crippen molar-refractivity contribution in [1.29, 1.82) is 0 Å². The van der Waals surface area contributed by atoms with E-state index in [1.165, 1.54) is 25.1 Å². The summed E-state index contributed by atoms with van der Waals surface area (Å²) in [6.07, 6.45) is -0.875. The second kappa shape index (κ2) is 6.32. The van der Waals surface area contributed by atoms with E-state index in [2.05, 4.69) is 0 Å². The number of benzene rings is 1. The van der Waals surface area contributed by atoms with E-state index < -0.39 is 17.1 Å². The molecule has 1 rings (SSSR count). The number of ether oxygens (including phenoxy) is 1. The summed E-state index contributed by atoms with van der Waals surface area (Å²) < 4.78 is 5.40. The smallest absolute Gasteiger partial charge is 0.270 e. The molecule has 0 aliphatic carbocycles. The van der Waals surface area contributed by atoms with Crippen LogP contribution in [0.2, 0.25) is 0 Å². The molecule has 0 amide bonds. The van der Waals surface area contributed by atoms with Gasteiger partial charge in [0.25, 0.3) is 5.69 Å². The average Bonchev–Trinajstić information content (AvgIpc) is 2.28. The molecule has 2 N–H and O–H groups in total. The van der Waals surface area contributed by atoms with E-state index >= 15 is 0 Å². The van der Waals surface area contributed by atoms with Gasteiger partial charge in [-0.15, -0.1) is 0 Å². The van der Waals surface area contributed by atoms with Crippen molar-refractivity contribution in [2.45, 2.75) is 32.5 Å². The zero-order valence-electron chi connectivity index (χ0n) is 10.4. The number of nitro groups is 1. The van der Waals surface area contributed by atoms with Gasteiger partial charge in [0.2, 0.25) is 0 Å². The summed E-state index contributed by atoms with van der Waals surface area (Å²) in [5, 5.41) is 29.3. The van der Waals surface area contributed by atoms with Gasteiger partial charge < -0.3 is 14.9 Å². The monoisotopic (exact) mass is 255 g/mol. The van der Waals surface area contributed by atoms with E-state index in [4.69, 9.17) is 9.84 Å². The predicted octanol–water partition coefficient (Wildman–Crippen LogP) is 1.80. The van der Waals surface area contributed by atoms with Crippen molar-refractivity contribution in [3.8, 4) is 5.75 Å². The first-order valence-electron chi connectivity index (χ1n) is 5.69. The first kappa shape index (κ1) is 14.4. The number of hydrogen-bond donors (Lipinski definition) is 2. The molecule has 0 aromatic heterocycles. The third-order valence-electron chi connectivity index (χ3n) is 2.45. The zero-order chi connectivity index (χ0) is 13.7. The number of aliphatic hydroxyl groups is 2. The summed E-state index contributed by atoms with van der Waals surface area (Å²) in [6.45, 7) is 3.45. The highest BCUT2D eigenvalue weighted by Crippen LogP contribution is 2.29.